The van der Waals surface area contributed by atoms with Crippen LogP contribution < -0.4 is 0 Å². The van der Waals surface area contributed by atoms with Gasteiger partial charge in [-0.05, 0) is 135 Å². The van der Waals surface area contributed by atoms with E-state index in [9.17, 15) is 14.4 Å². The zero-order valence-electron chi connectivity index (χ0n) is 53.5. The van der Waals surface area contributed by atoms with Gasteiger partial charge in [-0.3, -0.25) is 14.4 Å². The van der Waals surface area contributed by atoms with Gasteiger partial charge in [0, 0.05) is 19.3 Å². The van der Waals surface area contributed by atoms with Gasteiger partial charge in [0.05, 0.1) is 0 Å². The second-order valence-electron chi connectivity index (χ2n) is 22.3. The van der Waals surface area contributed by atoms with E-state index < -0.39 is 6.10 Å². The first-order chi connectivity index (χ1) is 40.5. The molecule has 0 saturated carbocycles. The van der Waals surface area contributed by atoms with Gasteiger partial charge in [0.15, 0.2) is 6.10 Å². The summed E-state index contributed by atoms with van der Waals surface area (Å²) >= 11 is 0. The molecule has 0 fully saturated rings. The number of esters is 3. The van der Waals surface area contributed by atoms with Crippen molar-refractivity contribution in [1.82, 2.24) is 0 Å². The molecule has 466 valence electrons. The third kappa shape index (κ3) is 66.4. The van der Waals surface area contributed by atoms with Crippen LogP contribution in [0.15, 0.2) is 134 Å². The highest BCUT2D eigenvalue weighted by molar-refractivity contribution is 5.71. The van der Waals surface area contributed by atoms with Crippen LogP contribution in [0.25, 0.3) is 0 Å². The molecule has 0 bridgehead atoms. The third-order valence-corrected chi connectivity index (χ3v) is 14.4. The van der Waals surface area contributed by atoms with Crippen LogP contribution >= 0.6 is 0 Å². The highest BCUT2D eigenvalue weighted by Crippen LogP contribution is 2.16. The Labute approximate surface area is 506 Å². The number of hydrogen-bond donors (Lipinski definition) is 0. The molecule has 0 aliphatic rings. The van der Waals surface area contributed by atoms with Crippen molar-refractivity contribution in [2.45, 2.75) is 316 Å². The van der Waals surface area contributed by atoms with Crippen LogP contribution in [0.1, 0.15) is 310 Å². The normalized spacial score (nSPS) is 13.0. The van der Waals surface area contributed by atoms with Crippen molar-refractivity contribution in [2.24, 2.45) is 0 Å². The quantitative estimate of drug-likeness (QED) is 0.0261. The first-order valence-corrected chi connectivity index (χ1v) is 34.2. The van der Waals surface area contributed by atoms with Gasteiger partial charge < -0.3 is 14.2 Å². The summed E-state index contributed by atoms with van der Waals surface area (Å²) < 4.78 is 16.9. The van der Waals surface area contributed by atoms with E-state index in [1.165, 1.54) is 135 Å². The summed E-state index contributed by atoms with van der Waals surface area (Å²) in [7, 11) is 0. The zero-order chi connectivity index (χ0) is 59.2. The molecule has 1 unspecified atom stereocenters. The Morgan fingerprint density at radius 1 is 0.256 bits per heavy atom. The molecule has 0 saturated heterocycles. The summed E-state index contributed by atoms with van der Waals surface area (Å²) in [6, 6.07) is 0. The van der Waals surface area contributed by atoms with Crippen LogP contribution in [-0.4, -0.2) is 37.2 Å². The highest BCUT2D eigenvalue weighted by Gasteiger charge is 2.19. The van der Waals surface area contributed by atoms with Crippen LogP contribution in [0.4, 0.5) is 0 Å². The Kier molecular flexibility index (Phi) is 65.3. The van der Waals surface area contributed by atoms with E-state index in [4.69, 9.17) is 14.2 Å². The second kappa shape index (κ2) is 69.0. The molecule has 0 amide bonds. The molecule has 0 radical (unpaired) electrons. The van der Waals surface area contributed by atoms with Gasteiger partial charge in [-0.1, -0.05) is 289 Å². The Morgan fingerprint density at radius 2 is 0.476 bits per heavy atom. The van der Waals surface area contributed by atoms with Gasteiger partial charge in [-0.15, -0.1) is 0 Å². The third-order valence-electron chi connectivity index (χ3n) is 14.4. The van der Waals surface area contributed by atoms with E-state index in [2.05, 4.69) is 154 Å². The lowest BCUT2D eigenvalue weighted by Crippen LogP contribution is -2.30. The molecule has 0 aromatic rings. The van der Waals surface area contributed by atoms with Crippen molar-refractivity contribution in [1.29, 1.82) is 0 Å². The molecule has 0 spiro atoms. The number of rotatable bonds is 61. The number of hydrogen-bond acceptors (Lipinski definition) is 6. The first kappa shape index (κ1) is 77.5. The van der Waals surface area contributed by atoms with E-state index in [0.29, 0.717) is 19.3 Å². The number of ether oxygens (including phenoxy) is 3. The predicted molar refractivity (Wildman–Crippen MR) is 357 cm³/mol. The van der Waals surface area contributed by atoms with Crippen molar-refractivity contribution in [2.75, 3.05) is 13.2 Å². The van der Waals surface area contributed by atoms with Gasteiger partial charge in [0.25, 0.3) is 0 Å². The first-order valence-electron chi connectivity index (χ1n) is 34.2. The number of carbonyl (C=O) groups is 3. The summed E-state index contributed by atoms with van der Waals surface area (Å²) in [6.07, 6.45) is 97.5. The van der Waals surface area contributed by atoms with Crippen molar-refractivity contribution in [3.8, 4) is 0 Å². The van der Waals surface area contributed by atoms with Crippen molar-refractivity contribution in [3.05, 3.63) is 134 Å². The Bertz CT molecular complexity index is 1730. The molecule has 0 heterocycles. The van der Waals surface area contributed by atoms with Crippen molar-refractivity contribution >= 4 is 17.9 Å². The molecule has 0 rings (SSSR count). The predicted octanol–water partition coefficient (Wildman–Crippen LogP) is 23.7. The van der Waals surface area contributed by atoms with Crippen molar-refractivity contribution < 1.29 is 28.6 Å². The van der Waals surface area contributed by atoms with E-state index in [0.717, 1.165) is 135 Å². The average molecular weight is 1140 g/mol. The number of allylic oxidation sites excluding steroid dienone is 22. The minimum Gasteiger partial charge on any atom is -0.462 e. The molecule has 0 aromatic heterocycles. The maximum Gasteiger partial charge on any atom is 0.306 e. The molecule has 0 aliphatic carbocycles. The van der Waals surface area contributed by atoms with Gasteiger partial charge in [0.1, 0.15) is 13.2 Å². The van der Waals surface area contributed by atoms with Gasteiger partial charge in [-0.25, -0.2) is 0 Å². The largest absolute Gasteiger partial charge is 0.462 e. The Hall–Kier alpha value is -4.45. The summed E-state index contributed by atoms with van der Waals surface area (Å²) in [5.74, 6) is -0.900. The van der Waals surface area contributed by atoms with Crippen LogP contribution in [0.3, 0.4) is 0 Å². The average Bonchev–Trinajstić information content (AvgIpc) is 3.47. The van der Waals surface area contributed by atoms with Crippen LogP contribution in [0.2, 0.25) is 0 Å². The van der Waals surface area contributed by atoms with Gasteiger partial charge in [-0.2, -0.15) is 0 Å². The van der Waals surface area contributed by atoms with E-state index in [1.54, 1.807) is 0 Å². The summed E-state index contributed by atoms with van der Waals surface area (Å²) in [4.78, 5) is 38.4. The summed E-state index contributed by atoms with van der Waals surface area (Å²) in [5.41, 5.74) is 0. The van der Waals surface area contributed by atoms with Crippen LogP contribution in [0, 0.1) is 0 Å². The second-order valence-corrected chi connectivity index (χ2v) is 22.3. The van der Waals surface area contributed by atoms with E-state index >= 15 is 0 Å². The fourth-order valence-corrected chi connectivity index (χ4v) is 9.32. The Balaban J connectivity index is 4.32. The maximum absolute atomic E-state index is 12.9. The molecule has 0 N–H and O–H groups in total. The lowest BCUT2D eigenvalue weighted by molar-refractivity contribution is -0.167. The molecular formula is C76H126O6. The molecule has 0 aliphatic heterocycles. The zero-order valence-corrected chi connectivity index (χ0v) is 53.5. The molecule has 6 nitrogen and oxygen atoms in total. The number of carbonyl (C=O) groups excluding carboxylic acids is 3. The lowest BCUT2D eigenvalue weighted by Gasteiger charge is -2.18. The number of unbranched alkanes of at least 4 members (excludes halogenated alkanes) is 28. The topological polar surface area (TPSA) is 78.9 Å². The fourth-order valence-electron chi connectivity index (χ4n) is 9.32. The summed E-state index contributed by atoms with van der Waals surface area (Å²) in [6.45, 7) is 6.39. The fraction of sp³-hybridized carbons (Fsp3) is 0.671. The van der Waals surface area contributed by atoms with E-state index in [1.807, 2.05) is 0 Å². The summed E-state index contributed by atoms with van der Waals surface area (Å²) in [5, 5.41) is 0. The highest BCUT2D eigenvalue weighted by atomic mass is 16.6. The molecule has 6 heteroatoms. The standard InChI is InChI=1S/C76H126O6/c1-4-7-10-13-16-19-22-25-27-29-31-33-35-37-38-40-41-43-45-47-49-51-54-57-60-63-66-69-75(78)81-72-73(71-80-74(77)68-65-62-59-56-53-24-21-18-15-12-9-6-3)82-76(79)70-67-64-61-58-55-52-50-48-46-44-42-39-36-34-32-30-28-26-23-20-17-14-11-8-5-2/h7-8,10-11,16-21,25-28,31-34,37-38,41,43,73H,4-6,9,12-15,22-24,29-30,35-36,39-40,42,44-72H2,1-3H3/b10-7-,11-8-,19-16-,20-17-,21-18-,27-25-,28-26-,33-31-,34-32-,38-37-,43-41-. The minimum atomic E-state index is -0.791. The smallest absolute Gasteiger partial charge is 0.306 e. The van der Waals surface area contributed by atoms with Crippen LogP contribution in [-0.2, 0) is 28.6 Å². The van der Waals surface area contributed by atoms with E-state index in [-0.39, 0.29) is 31.1 Å². The SMILES string of the molecule is CC/C=C\C/C=C\C/C=C\C/C=C\C/C=C\C/C=C\CCCCCCCCCCC(=O)OCC(COC(=O)CCCCCCC/C=C\CCCCC)OC(=O)CCCCCCCCCCCCCC/C=C\C/C=C\C/C=C\C/C=C\CC. The molecule has 82 heavy (non-hydrogen) atoms. The molecule has 0 aromatic carbocycles. The molecular weight excluding hydrogens is 1010 g/mol. The van der Waals surface area contributed by atoms with Crippen LogP contribution in [0.5, 0.6) is 0 Å². The maximum atomic E-state index is 12.9. The Morgan fingerprint density at radius 3 is 0.756 bits per heavy atom. The lowest BCUT2D eigenvalue weighted by atomic mass is 10.0. The van der Waals surface area contributed by atoms with Crippen molar-refractivity contribution in [3.63, 3.8) is 0 Å². The molecule has 1 atom stereocenters. The monoisotopic (exact) mass is 1130 g/mol. The minimum absolute atomic E-state index is 0.0874. The van der Waals surface area contributed by atoms with Gasteiger partial charge in [0.2, 0.25) is 0 Å². The van der Waals surface area contributed by atoms with Gasteiger partial charge >= 0.3 is 17.9 Å².